The van der Waals surface area contributed by atoms with Crippen LogP contribution < -0.4 is 10.1 Å². The maximum absolute atomic E-state index is 13.8. The Bertz CT molecular complexity index is 741. The quantitative estimate of drug-likeness (QED) is 0.922. The molecule has 3 rings (SSSR count). The Balaban J connectivity index is 1.74. The van der Waals surface area contributed by atoms with Gasteiger partial charge in [-0.25, -0.2) is 14.2 Å². The van der Waals surface area contributed by atoms with Crippen molar-refractivity contribution in [3.63, 3.8) is 0 Å². The molecule has 6 nitrogen and oxygen atoms in total. The SMILES string of the molecule is C[C@H]1CN(C(=O)Nc2cccnc2Oc2ccccc2F)CCCO1. The number of carbonyl (C=O) groups is 1. The molecule has 2 amide bonds. The number of ether oxygens (including phenoxy) is 2. The molecule has 1 aromatic heterocycles. The number of anilines is 1. The number of halogens is 1. The molecule has 0 saturated carbocycles. The van der Waals surface area contributed by atoms with Crippen LogP contribution in [0.4, 0.5) is 14.9 Å². The minimum absolute atomic E-state index is 0.0173. The van der Waals surface area contributed by atoms with Gasteiger partial charge in [0.1, 0.15) is 5.69 Å². The molecule has 0 bridgehead atoms. The van der Waals surface area contributed by atoms with Gasteiger partial charge in [0, 0.05) is 25.9 Å². The number of pyridine rings is 1. The van der Waals surface area contributed by atoms with Crippen LogP contribution in [0.3, 0.4) is 0 Å². The summed E-state index contributed by atoms with van der Waals surface area (Å²) in [6.45, 7) is 3.69. The highest BCUT2D eigenvalue weighted by atomic mass is 19.1. The van der Waals surface area contributed by atoms with Gasteiger partial charge in [-0.2, -0.15) is 0 Å². The summed E-state index contributed by atoms with van der Waals surface area (Å²) in [4.78, 5) is 18.3. The molecule has 7 heteroatoms. The second-order valence-corrected chi connectivity index (χ2v) is 5.80. The number of aromatic nitrogens is 1. The molecule has 1 N–H and O–H groups in total. The van der Waals surface area contributed by atoms with Crippen LogP contribution in [0.15, 0.2) is 42.6 Å². The molecule has 1 aromatic carbocycles. The van der Waals surface area contributed by atoms with Crippen LogP contribution in [0.25, 0.3) is 0 Å². The number of urea groups is 1. The van der Waals surface area contributed by atoms with Gasteiger partial charge in [-0.15, -0.1) is 0 Å². The summed E-state index contributed by atoms with van der Waals surface area (Å²) in [6.07, 6.45) is 2.29. The van der Waals surface area contributed by atoms with E-state index < -0.39 is 5.82 Å². The minimum Gasteiger partial charge on any atom is -0.434 e. The first-order valence-corrected chi connectivity index (χ1v) is 8.18. The highest BCUT2D eigenvalue weighted by Gasteiger charge is 2.21. The summed E-state index contributed by atoms with van der Waals surface area (Å²) in [5.74, 6) is -0.308. The summed E-state index contributed by atoms with van der Waals surface area (Å²) in [7, 11) is 0. The fourth-order valence-electron chi connectivity index (χ4n) is 2.57. The molecule has 1 aliphatic rings. The Morgan fingerprint density at radius 2 is 2.20 bits per heavy atom. The van der Waals surface area contributed by atoms with Gasteiger partial charge in [0.25, 0.3) is 0 Å². The molecule has 2 heterocycles. The molecule has 1 atom stereocenters. The van der Waals surface area contributed by atoms with E-state index in [2.05, 4.69) is 10.3 Å². The van der Waals surface area contributed by atoms with Gasteiger partial charge < -0.3 is 19.7 Å². The van der Waals surface area contributed by atoms with Crippen molar-refractivity contribution in [1.82, 2.24) is 9.88 Å². The van der Waals surface area contributed by atoms with E-state index in [4.69, 9.17) is 9.47 Å². The van der Waals surface area contributed by atoms with Crippen molar-refractivity contribution in [2.75, 3.05) is 25.0 Å². The highest BCUT2D eigenvalue weighted by molar-refractivity contribution is 5.90. The van der Waals surface area contributed by atoms with Crippen molar-refractivity contribution in [3.05, 3.63) is 48.4 Å². The topological polar surface area (TPSA) is 63.7 Å². The Morgan fingerprint density at radius 1 is 1.36 bits per heavy atom. The fourth-order valence-corrected chi connectivity index (χ4v) is 2.57. The van der Waals surface area contributed by atoms with Crippen LogP contribution in [0.5, 0.6) is 11.6 Å². The molecule has 0 unspecified atom stereocenters. The number of rotatable bonds is 3. The van der Waals surface area contributed by atoms with E-state index in [1.807, 2.05) is 6.92 Å². The van der Waals surface area contributed by atoms with Gasteiger partial charge >= 0.3 is 6.03 Å². The van der Waals surface area contributed by atoms with Crippen molar-refractivity contribution < 1.29 is 18.7 Å². The normalized spacial score (nSPS) is 17.7. The molecule has 0 aliphatic carbocycles. The van der Waals surface area contributed by atoms with Gasteiger partial charge in [-0.1, -0.05) is 12.1 Å². The summed E-state index contributed by atoms with van der Waals surface area (Å²) in [5, 5.41) is 2.79. The second kappa shape index (κ2) is 7.94. The van der Waals surface area contributed by atoms with Crippen molar-refractivity contribution in [3.8, 4) is 11.6 Å². The largest absolute Gasteiger partial charge is 0.434 e. The number of carbonyl (C=O) groups excluding carboxylic acids is 1. The maximum atomic E-state index is 13.8. The zero-order valence-electron chi connectivity index (χ0n) is 13.9. The zero-order valence-corrected chi connectivity index (χ0v) is 13.9. The first kappa shape index (κ1) is 17.2. The van der Waals surface area contributed by atoms with Gasteiger partial charge in [-0.3, -0.25) is 0 Å². The predicted octanol–water partition coefficient (Wildman–Crippen LogP) is 3.66. The zero-order chi connectivity index (χ0) is 17.6. The summed E-state index contributed by atoms with van der Waals surface area (Å²) >= 11 is 0. The van der Waals surface area contributed by atoms with Crippen LogP contribution in [-0.4, -0.2) is 41.7 Å². The molecule has 1 fully saturated rings. The Hall–Kier alpha value is -2.67. The van der Waals surface area contributed by atoms with E-state index in [1.165, 1.54) is 18.3 Å². The smallest absolute Gasteiger partial charge is 0.322 e. The van der Waals surface area contributed by atoms with Gasteiger partial charge in [0.15, 0.2) is 11.6 Å². The van der Waals surface area contributed by atoms with Crippen LogP contribution in [-0.2, 0) is 4.74 Å². The first-order valence-electron chi connectivity index (χ1n) is 8.18. The molecular weight excluding hydrogens is 325 g/mol. The van der Waals surface area contributed by atoms with E-state index in [0.717, 1.165) is 6.42 Å². The molecule has 132 valence electrons. The molecule has 25 heavy (non-hydrogen) atoms. The molecular formula is C18H20FN3O3. The molecule has 1 aliphatic heterocycles. The lowest BCUT2D eigenvalue weighted by atomic mass is 10.3. The molecule has 0 spiro atoms. The van der Waals surface area contributed by atoms with Crippen LogP contribution in [0, 0.1) is 5.82 Å². The molecule has 2 aromatic rings. The lowest BCUT2D eigenvalue weighted by Gasteiger charge is -2.23. The third-order valence-corrected chi connectivity index (χ3v) is 3.80. The summed E-state index contributed by atoms with van der Waals surface area (Å²) < 4.78 is 24.9. The van der Waals surface area contributed by atoms with Crippen molar-refractivity contribution >= 4 is 11.7 Å². The first-order chi connectivity index (χ1) is 12.1. The van der Waals surface area contributed by atoms with E-state index in [1.54, 1.807) is 29.2 Å². The maximum Gasteiger partial charge on any atom is 0.322 e. The molecule has 1 saturated heterocycles. The monoisotopic (exact) mass is 345 g/mol. The average Bonchev–Trinajstić information content (AvgIpc) is 2.83. The number of hydrogen-bond donors (Lipinski definition) is 1. The number of hydrogen-bond acceptors (Lipinski definition) is 4. The van der Waals surface area contributed by atoms with Crippen molar-refractivity contribution in [2.45, 2.75) is 19.4 Å². The van der Waals surface area contributed by atoms with Gasteiger partial charge in [0.05, 0.1) is 6.10 Å². The van der Waals surface area contributed by atoms with Crippen molar-refractivity contribution in [1.29, 1.82) is 0 Å². The number of nitrogens with one attached hydrogen (secondary N) is 1. The van der Waals surface area contributed by atoms with E-state index in [9.17, 15) is 9.18 Å². The van der Waals surface area contributed by atoms with E-state index >= 15 is 0 Å². The predicted molar refractivity (Wildman–Crippen MR) is 91.3 cm³/mol. The third-order valence-electron chi connectivity index (χ3n) is 3.80. The van der Waals surface area contributed by atoms with Crippen molar-refractivity contribution in [2.24, 2.45) is 0 Å². The van der Waals surface area contributed by atoms with Crippen LogP contribution >= 0.6 is 0 Å². The lowest BCUT2D eigenvalue weighted by Crippen LogP contribution is -2.39. The lowest BCUT2D eigenvalue weighted by molar-refractivity contribution is 0.0718. The van der Waals surface area contributed by atoms with E-state index in [-0.39, 0.29) is 23.8 Å². The average molecular weight is 345 g/mol. The van der Waals surface area contributed by atoms with Gasteiger partial charge in [-0.05, 0) is 37.6 Å². The van der Waals surface area contributed by atoms with Crippen LogP contribution in [0.1, 0.15) is 13.3 Å². The summed E-state index contributed by atoms with van der Waals surface area (Å²) in [5.41, 5.74) is 0.383. The number of nitrogens with zero attached hydrogens (tertiary/aromatic N) is 2. The Morgan fingerprint density at radius 3 is 3.04 bits per heavy atom. The molecule has 0 radical (unpaired) electrons. The fraction of sp³-hybridized carbons (Fsp3) is 0.333. The van der Waals surface area contributed by atoms with Gasteiger partial charge in [0.2, 0.25) is 5.88 Å². The van der Waals surface area contributed by atoms with E-state index in [0.29, 0.717) is 25.4 Å². The summed E-state index contributed by atoms with van der Waals surface area (Å²) in [6, 6.07) is 9.13. The number of benzene rings is 1. The highest BCUT2D eigenvalue weighted by Crippen LogP contribution is 2.28. The standard InChI is InChI=1S/C18H20FN3O3/c1-13-12-22(10-5-11-24-13)18(23)21-15-7-4-9-20-17(15)25-16-8-3-2-6-14(16)19/h2-4,6-9,13H,5,10-12H2,1H3,(H,21,23)/t13-/m0/s1. The Kier molecular flexibility index (Phi) is 5.45. The number of amides is 2. The second-order valence-electron chi connectivity index (χ2n) is 5.80. The van der Waals surface area contributed by atoms with Crippen LogP contribution in [0.2, 0.25) is 0 Å². The third kappa shape index (κ3) is 4.45. The number of para-hydroxylation sites is 1. The Labute approximate surface area is 145 Å². The minimum atomic E-state index is -0.496.